The number of rotatable bonds is 6. The third-order valence-electron chi connectivity index (χ3n) is 2.38. The topological polar surface area (TPSA) is 52.6 Å². The highest BCUT2D eigenvalue weighted by molar-refractivity contribution is 8.14. The van der Waals surface area contributed by atoms with E-state index in [9.17, 15) is 9.36 Å². The van der Waals surface area contributed by atoms with E-state index in [1.165, 1.54) is 11.8 Å². The Balaban J connectivity index is 2.56. The van der Waals surface area contributed by atoms with Gasteiger partial charge in [0.2, 0.25) is 0 Å². The Morgan fingerprint density at radius 2 is 1.94 bits per heavy atom. The fraction of sp³-hybridized carbons (Fsp3) is 0.900. The van der Waals surface area contributed by atoms with Gasteiger partial charge < -0.3 is 9.05 Å². The Bertz CT molecular complexity index is 285. The molecule has 0 bridgehead atoms. The molecule has 0 aromatic rings. The zero-order valence-corrected chi connectivity index (χ0v) is 11.7. The van der Waals surface area contributed by atoms with Crippen LogP contribution in [0.4, 0.5) is 0 Å². The summed E-state index contributed by atoms with van der Waals surface area (Å²) in [5.74, 6) is 0.0618. The summed E-state index contributed by atoms with van der Waals surface area (Å²) < 4.78 is 22.6. The van der Waals surface area contributed by atoms with Crippen LogP contribution in [0.25, 0.3) is 0 Å². The van der Waals surface area contributed by atoms with Crippen molar-refractivity contribution >= 4 is 24.5 Å². The first-order valence-corrected chi connectivity index (χ1v) is 8.20. The Hall–Kier alpha value is 0.170. The molecule has 1 saturated heterocycles. The molecule has 1 aliphatic heterocycles. The monoisotopic (exact) mass is 266 g/mol. The maximum absolute atomic E-state index is 12.2. The van der Waals surface area contributed by atoms with Crippen LogP contribution in [0.1, 0.15) is 27.2 Å². The molecule has 6 heteroatoms. The lowest BCUT2D eigenvalue weighted by atomic mass is 10.1. The molecule has 0 amide bonds. The standard InChI is InChI=1S/C10H19O4PS/c1-4-13-15(12,14-5-2)7-9-6-8(3)10(11)16-9/h8-9H,4-7H2,1-3H3. The van der Waals surface area contributed by atoms with Crippen LogP contribution >= 0.6 is 19.4 Å². The average molecular weight is 266 g/mol. The first kappa shape index (κ1) is 14.2. The predicted octanol–water partition coefficient (Wildman–Crippen LogP) is 2.92. The third kappa shape index (κ3) is 3.88. The molecule has 1 rings (SSSR count). The Morgan fingerprint density at radius 3 is 2.31 bits per heavy atom. The van der Waals surface area contributed by atoms with Crippen LogP contribution in [0, 0.1) is 5.92 Å². The van der Waals surface area contributed by atoms with Gasteiger partial charge in [0.25, 0.3) is 0 Å². The third-order valence-corrected chi connectivity index (χ3v) is 6.15. The summed E-state index contributed by atoms with van der Waals surface area (Å²) in [6, 6.07) is 0. The van der Waals surface area contributed by atoms with Crippen LogP contribution in [-0.4, -0.2) is 29.7 Å². The van der Waals surface area contributed by atoms with E-state index in [2.05, 4.69) is 0 Å². The number of carbonyl (C=O) groups is 1. The zero-order valence-electron chi connectivity index (χ0n) is 9.97. The zero-order chi connectivity index (χ0) is 12.2. The second-order valence-electron chi connectivity index (χ2n) is 3.82. The molecule has 0 N–H and O–H groups in total. The molecule has 16 heavy (non-hydrogen) atoms. The summed E-state index contributed by atoms with van der Waals surface area (Å²) in [5.41, 5.74) is 0. The molecule has 1 fully saturated rings. The van der Waals surface area contributed by atoms with Crippen LogP contribution in [0.3, 0.4) is 0 Å². The van der Waals surface area contributed by atoms with Crippen LogP contribution in [0.2, 0.25) is 0 Å². The van der Waals surface area contributed by atoms with E-state index in [0.717, 1.165) is 6.42 Å². The smallest absolute Gasteiger partial charge is 0.309 e. The van der Waals surface area contributed by atoms with Gasteiger partial charge in [-0.15, -0.1) is 0 Å². The Labute approximate surface area is 101 Å². The lowest BCUT2D eigenvalue weighted by Crippen LogP contribution is -2.10. The first-order valence-electron chi connectivity index (χ1n) is 5.59. The van der Waals surface area contributed by atoms with Gasteiger partial charge in [-0.05, 0) is 20.3 Å². The quantitative estimate of drug-likeness (QED) is 0.692. The summed E-state index contributed by atoms with van der Waals surface area (Å²) in [7, 11) is -2.99. The van der Waals surface area contributed by atoms with Gasteiger partial charge in [0, 0.05) is 11.2 Å². The molecule has 0 aromatic carbocycles. The van der Waals surface area contributed by atoms with Crippen LogP contribution in [0.5, 0.6) is 0 Å². The van der Waals surface area contributed by atoms with Crippen molar-refractivity contribution in [1.82, 2.24) is 0 Å². The second kappa shape index (κ2) is 6.20. The highest BCUT2D eigenvalue weighted by atomic mass is 32.2. The van der Waals surface area contributed by atoms with Crippen LogP contribution in [0.15, 0.2) is 0 Å². The van der Waals surface area contributed by atoms with Gasteiger partial charge in [-0.2, -0.15) is 0 Å². The van der Waals surface area contributed by atoms with Crippen molar-refractivity contribution in [3.05, 3.63) is 0 Å². The van der Waals surface area contributed by atoms with Gasteiger partial charge in [-0.1, -0.05) is 18.7 Å². The van der Waals surface area contributed by atoms with Gasteiger partial charge in [-0.3, -0.25) is 9.36 Å². The van der Waals surface area contributed by atoms with E-state index in [1.807, 2.05) is 6.92 Å². The van der Waals surface area contributed by atoms with Gasteiger partial charge >= 0.3 is 7.60 Å². The number of thioether (sulfide) groups is 1. The predicted molar refractivity (Wildman–Crippen MR) is 65.9 cm³/mol. The normalized spacial score (nSPS) is 26.3. The molecule has 0 spiro atoms. The van der Waals surface area contributed by atoms with E-state index in [4.69, 9.17) is 9.05 Å². The van der Waals surface area contributed by atoms with E-state index in [0.29, 0.717) is 19.4 Å². The molecule has 94 valence electrons. The Morgan fingerprint density at radius 1 is 1.38 bits per heavy atom. The summed E-state index contributed by atoms with van der Waals surface area (Å²) in [4.78, 5) is 11.4. The second-order valence-corrected chi connectivity index (χ2v) is 7.23. The lowest BCUT2D eigenvalue weighted by Gasteiger charge is -2.19. The van der Waals surface area contributed by atoms with Crippen molar-refractivity contribution < 1.29 is 18.4 Å². The highest BCUT2D eigenvalue weighted by Crippen LogP contribution is 2.52. The fourth-order valence-electron chi connectivity index (χ4n) is 1.72. The van der Waals surface area contributed by atoms with E-state index < -0.39 is 7.60 Å². The molecular formula is C10H19O4PS. The fourth-order valence-corrected chi connectivity index (χ4v) is 5.32. The van der Waals surface area contributed by atoms with Gasteiger partial charge in [-0.25, -0.2) is 0 Å². The van der Waals surface area contributed by atoms with Gasteiger partial charge in [0.05, 0.1) is 19.4 Å². The molecule has 1 aliphatic rings. The minimum atomic E-state index is -2.99. The molecule has 0 aliphatic carbocycles. The molecular weight excluding hydrogens is 247 g/mol. The summed E-state index contributed by atoms with van der Waals surface area (Å²) in [6.07, 6.45) is 1.11. The number of hydrogen-bond donors (Lipinski definition) is 0. The van der Waals surface area contributed by atoms with Crippen molar-refractivity contribution in [2.75, 3.05) is 19.4 Å². The molecule has 0 radical (unpaired) electrons. The lowest BCUT2D eigenvalue weighted by molar-refractivity contribution is -0.113. The highest BCUT2D eigenvalue weighted by Gasteiger charge is 2.36. The van der Waals surface area contributed by atoms with Crippen LogP contribution in [-0.2, 0) is 18.4 Å². The largest absolute Gasteiger partial charge is 0.331 e. The molecule has 1 heterocycles. The molecule has 2 atom stereocenters. The van der Waals surface area contributed by atoms with Gasteiger partial charge in [0.15, 0.2) is 5.12 Å². The summed E-state index contributed by atoms with van der Waals surface area (Å²) in [5, 5.41) is 0.260. The average Bonchev–Trinajstić information content (AvgIpc) is 2.45. The maximum Gasteiger partial charge on any atom is 0.331 e. The van der Waals surface area contributed by atoms with Crippen molar-refractivity contribution in [3.63, 3.8) is 0 Å². The van der Waals surface area contributed by atoms with Crippen molar-refractivity contribution in [3.8, 4) is 0 Å². The van der Waals surface area contributed by atoms with E-state index in [-0.39, 0.29) is 16.3 Å². The SMILES string of the molecule is CCOP(=O)(CC1CC(C)C(=O)S1)OCC. The van der Waals surface area contributed by atoms with Crippen LogP contribution < -0.4 is 0 Å². The van der Waals surface area contributed by atoms with E-state index in [1.54, 1.807) is 13.8 Å². The maximum atomic E-state index is 12.2. The summed E-state index contributed by atoms with van der Waals surface area (Å²) >= 11 is 1.28. The van der Waals surface area contributed by atoms with E-state index >= 15 is 0 Å². The minimum absolute atomic E-state index is 0.0618. The number of hydrogen-bond acceptors (Lipinski definition) is 5. The van der Waals surface area contributed by atoms with Gasteiger partial charge in [0.1, 0.15) is 0 Å². The van der Waals surface area contributed by atoms with Crippen molar-refractivity contribution in [2.45, 2.75) is 32.4 Å². The van der Waals surface area contributed by atoms with Crippen molar-refractivity contribution in [1.29, 1.82) is 0 Å². The molecule has 4 nitrogen and oxygen atoms in total. The molecule has 0 saturated carbocycles. The first-order chi connectivity index (χ1) is 7.50. The molecule has 0 aromatic heterocycles. The Kier molecular flexibility index (Phi) is 5.51. The summed E-state index contributed by atoms with van der Waals surface area (Å²) in [6.45, 7) is 6.24. The number of carbonyl (C=O) groups excluding carboxylic acids is 1. The molecule has 2 unspecified atom stereocenters. The van der Waals surface area contributed by atoms with Crippen molar-refractivity contribution in [2.24, 2.45) is 5.92 Å². The minimum Gasteiger partial charge on any atom is -0.309 e.